The van der Waals surface area contributed by atoms with Crippen LogP contribution in [-0.2, 0) is 4.79 Å². The molecule has 0 aromatic rings. The number of hydrogen-bond donors (Lipinski definition) is 1. The van der Waals surface area contributed by atoms with Gasteiger partial charge in [-0.1, -0.05) is 6.92 Å². The van der Waals surface area contributed by atoms with Gasteiger partial charge >= 0.3 is 0 Å². The van der Waals surface area contributed by atoms with Crippen LogP contribution in [0.3, 0.4) is 0 Å². The molecule has 0 spiro atoms. The van der Waals surface area contributed by atoms with Crippen LogP contribution in [0.15, 0.2) is 0 Å². The van der Waals surface area contributed by atoms with Gasteiger partial charge in [-0.3, -0.25) is 9.69 Å². The molecule has 2 heterocycles. The van der Waals surface area contributed by atoms with Gasteiger partial charge in [0.05, 0.1) is 5.92 Å². The molecule has 0 bridgehead atoms. The van der Waals surface area contributed by atoms with Crippen molar-refractivity contribution in [1.29, 1.82) is 0 Å². The third-order valence-corrected chi connectivity index (χ3v) is 4.37. The molecule has 2 rings (SSSR count). The first-order chi connectivity index (χ1) is 8.29. The lowest BCUT2D eigenvalue weighted by Crippen LogP contribution is -2.42. The number of carbonyl (C=O) groups is 1. The van der Waals surface area contributed by atoms with Crippen LogP contribution in [-0.4, -0.2) is 53.5 Å². The van der Waals surface area contributed by atoms with Crippen molar-refractivity contribution in [3.8, 4) is 0 Å². The van der Waals surface area contributed by atoms with Crippen LogP contribution < -0.4 is 5.73 Å². The Kier molecular flexibility index (Phi) is 3.70. The van der Waals surface area contributed by atoms with E-state index in [4.69, 9.17) is 5.73 Å². The molecule has 2 aliphatic heterocycles. The third kappa shape index (κ3) is 2.69. The normalized spacial score (nSPS) is 34.3. The molecule has 0 unspecified atom stereocenters. The third-order valence-electron chi connectivity index (χ3n) is 4.37. The Labute approximate surface area is 110 Å². The summed E-state index contributed by atoms with van der Waals surface area (Å²) in [5.74, 6) is 0.915. The van der Waals surface area contributed by atoms with Crippen molar-refractivity contribution in [2.24, 2.45) is 17.6 Å². The monoisotopic (exact) mass is 253 g/mol. The van der Waals surface area contributed by atoms with Crippen LogP contribution in [0.1, 0.15) is 34.1 Å². The topological polar surface area (TPSA) is 49.6 Å². The molecule has 2 N–H and O–H groups in total. The highest BCUT2D eigenvalue weighted by atomic mass is 16.2. The average Bonchev–Trinajstić information content (AvgIpc) is 2.83. The van der Waals surface area contributed by atoms with Crippen molar-refractivity contribution in [3.63, 3.8) is 0 Å². The summed E-state index contributed by atoms with van der Waals surface area (Å²) in [7, 11) is 0. The van der Waals surface area contributed by atoms with E-state index in [1.54, 1.807) is 0 Å². The van der Waals surface area contributed by atoms with E-state index < -0.39 is 0 Å². The molecule has 2 fully saturated rings. The van der Waals surface area contributed by atoms with Gasteiger partial charge in [-0.2, -0.15) is 0 Å². The molecule has 0 saturated carbocycles. The lowest BCUT2D eigenvalue weighted by molar-refractivity contribution is -0.134. The summed E-state index contributed by atoms with van der Waals surface area (Å²) in [5.41, 5.74) is 6.28. The Balaban J connectivity index is 1.99. The molecule has 2 aliphatic rings. The van der Waals surface area contributed by atoms with Crippen molar-refractivity contribution < 1.29 is 4.79 Å². The van der Waals surface area contributed by atoms with Crippen molar-refractivity contribution in [3.05, 3.63) is 0 Å². The molecular weight excluding hydrogens is 226 g/mol. The molecule has 0 aliphatic carbocycles. The van der Waals surface area contributed by atoms with Crippen LogP contribution in [0.5, 0.6) is 0 Å². The Hall–Kier alpha value is -0.610. The number of nitrogens with zero attached hydrogens (tertiary/aromatic N) is 2. The van der Waals surface area contributed by atoms with Gasteiger partial charge in [0.15, 0.2) is 0 Å². The van der Waals surface area contributed by atoms with Crippen molar-refractivity contribution in [2.75, 3.05) is 26.2 Å². The summed E-state index contributed by atoms with van der Waals surface area (Å²) in [5, 5.41) is 0. The van der Waals surface area contributed by atoms with Gasteiger partial charge < -0.3 is 10.6 Å². The molecule has 2 saturated heterocycles. The smallest absolute Gasteiger partial charge is 0.228 e. The summed E-state index contributed by atoms with van der Waals surface area (Å²) in [6, 6.07) is -0.00682. The fourth-order valence-electron chi connectivity index (χ4n) is 3.01. The van der Waals surface area contributed by atoms with Crippen LogP contribution in [0, 0.1) is 11.8 Å². The lowest BCUT2D eigenvalue weighted by Gasteiger charge is -2.31. The maximum atomic E-state index is 12.5. The minimum Gasteiger partial charge on any atom is -0.342 e. The summed E-state index contributed by atoms with van der Waals surface area (Å²) >= 11 is 0. The zero-order chi connectivity index (χ0) is 13.5. The first kappa shape index (κ1) is 13.8. The molecule has 4 heteroatoms. The van der Waals surface area contributed by atoms with Gasteiger partial charge in [0.1, 0.15) is 0 Å². The van der Waals surface area contributed by atoms with Crippen molar-refractivity contribution in [2.45, 2.75) is 45.7 Å². The standard InChI is InChI=1S/C14H27N3O/c1-10-5-6-16(7-10)13(18)11-8-17(9-12(11)15)14(2,3)4/h10-12H,5-9,15H2,1-4H3/t10-,11-,12+/m1/s1. The second kappa shape index (κ2) is 4.82. The predicted molar refractivity (Wildman–Crippen MR) is 73.2 cm³/mol. The Bertz CT molecular complexity index is 323. The number of nitrogens with two attached hydrogens (primary N) is 1. The molecule has 4 nitrogen and oxygen atoms in total. The van der Waals surface area contributed by atoms with E-state index in [2.05, 4.69) is 32.6 Å². The highest BCUT2D eigenvalue weighted by Gasteiger charge is 2.41. The summed E-state index contributed by atoms with van der Waals surface area (Å²) in [6.45, 7) is 12.2. The maximum Gasteiger partial charge on any atom is 0.228 e. The predicted octanol–water partition coefficient (Wildman–Crippen LogP) is 0.912. The van der Waals surface area contributed by atoms with Crippen LogP contribution in [0.25, 0.3) is 0 Å². The van der Waals surface area contributed by atoms with Gasteiger partial charge in [0.2, 0.25) is 5.91 Å². The largest absolute Gasteiger partial charge is 0.342 e. The second-order valence-corrected chi connectivity index (χ2v) is 7.02. The molecule has 0 aromatic heterocycles. The molecule has 3 atom stereocenters. The van der Waals surface area contributed by atoms with Crippen molar-refractivity contribution in [1.82, 2.24) is 9.80 Å². The molecule has 18 heavy (non-hydrogen) atoms. The second-order valence-electron chi connectivity index (χ2n) is 7.02. The number of amides is 1. The molecule has 104 valence electrons. The van der Waals surface area contributed by atoms with Crippen LogP contribution in [0.4, 0.5) is 0 Å². The highest BCUT2D eigenvalue weighted by Crippen LogP contribution is 2.27. The number of hydrogen-bond acceptors (Lipinski definition) is 3. The van der Waals surface area contributed by atoms with E-state index in [0.717, 1.165) is 32.6 Å². The summed E-state index contributed by atoms with van der Waals surface area (Å²) < 4.78 is 0. The van der Waals surface area contributed by atoms with E-state index in [0.29, 0.717) is 5.92 Å². The minimum absolute atomic E-state index is 0.00507. The van der Waals surface area contributed by atoms with Gasteiger partial charge in [-0.25, -0.2) is 0 Å². The van der Waals surface area contributed by atoms with Gasteiger partial charge in [-0.05, 0) is 33.1 Å². The first-order valence-corrected chi connectivity index (χ1v) is 7.08. The zero-order valence-corrected chi connectivity index (χ0v) is 12.1. The van der Waals surface area contributed by atoms with Gasteiger partial charge in [-0.15, -0.1) is 0 Å². The quantitative estimate of drug-likeness (QED) is 0.756. The van der Waals surface area contributed by atoms with Gasteiger partial charge in [0, 0.05) is 37.8 Å². The number of rotatable bonds is 1. The van der Waals surface area contributed by atoms with Gasteiger partial charge in [0.25, 0.3) is 0 Å². The SMILES string of the molecule is C[C@@H]1CCN(C(=O)[C@@H]2CN(C(C)(C)C)C[C@@H]2N)C1. The Morgan fingerprint density at radius 1 is 1.22 bits per heavy atom. The molecule has 1 amide bonds. The van der Waals surface area contributed by atoms with E-state index in [1.807, 2.05) is 4.90 Å². The zero-order valence-electron chi connectivity index (χ0n) is 12.1. The minimum atomic E-state index is -0.00682. The number of carbonyl (C=O) groups excluding carboxylic acids is 1. The van der Waals surface area contributed by atoms with E-state index in [9.17, 15) is 4.79 Å². The van der Waals surface area contributed by atoms with E-state index in [1.165, 1.54) is 0 Å². The lowest BCUT2D eigenvalue weighted by atomic mass is 10.0. The maximum absolute atomic E-state index is 12.5. The van der Waals surface area contributed by atoms with Crippen molar-refractivity contribution >= 4 is 5.91 Å². The van der Waals surface area contributed by atoms with Crippen LogP contribution >= 0.6 is 0 Å². The highest BCUT2D eigenvalue weighted by molar-refractivity contribution is 5.80. The fourth-order valence-corrected chi connectivity index (χ4v) is 3.01. The van der Waals surface area contributed by atoms with E-state index >= 15 is 0 Å². The number of likely N-dealkylation sites (tertiary alicyclic amines) is 2. The summed E-state index contributed by atoms with van der Waals surface area (Å²) in [4.78, 5) is 16.8. The fraction of sp³-hybridized carbons (Fsp3) is 0.929. The molecular formula is C14H27N3O. The van der Waals surface area contributed by atoms with E-state index in [-0.39, 0.29) is 23.4 Å². The Morgan fingerprint density at radius 2 is 1.89 bits per heavy atom. The molecule has 0 aromatic carbocycles. The summed E-state index contributed by atoms with van der Waals surface area (Å²) in [6.07, 6.45) is 1.14. The Morgan fingerprint density at radius 3 is 2.33 bits per heavy atom. The first-order valence-electron chi connectivity index (χ1n) is 7.08. The van der Waals surface area contributed by atoms with Crippen LogP contribution in [0.2, 0.25) is 0 Å². The molecule has 0 radical (unpaired) electrons. The average molecular weight is 253 g/mol.